The normalized spacial score (nSPS) is 15.7. The first-order chi connectivity index (χ1) is 23.5. The number of amides is 1. The van der Waals surface area contributed by atoms with Crippen LogP contribution in [0.15, 0.2) is 107 Å². The molecule has 3 aromatic carbocycles. The zero-order chi connectivity index (χ0) is 34.4. The first-order valence-corrected chi connectivity index (χ1v) is 17.6. The SMILES string of the molecule is Cc1ccc(S(=O)(=O)n2ccc3c(-c4ccc5cc(-c6ccc(OCCN7CCN(C)C(=O)[C@H]7C)cc6)ccc5n4)cn(C)c(=O)c32)cc1. The van der Waals surface area contributed by atoms with Crippen LogP contribution >= 0.6 is 0 Å². The van der Waals surface area contributed by atoms with Crippen LogP contribution in [0.2, 0.25) is 0 Å². The second-order valence-electron chi connectivity index (χ2n) is 12.6. The number of fused-ring (bicyclic) bond motifs is 2. The van der Waals surface area contributed by atoms with Crippen molar-refractivity contribution in [2.45, 2.75) is 24.8 Å². The van der Waals surface area contributed by atoms with E-state index in [4.69, 9.17) is 9.72 Å². The van der Waals surface area contributed by atoms with Crippen LogP contribution in [0, 0.1) is 6.92 Å². The number of hydrogen-bond donors (Lipinski definition) is 0. The molecule has 1 saturated heterocycles. The summed E-state index contributed by atoms with van der Waals surface area (Å²) in [5.74, 6) is 0.914. The van der Waals surface area contributed by atoms with Crippen molar-refractivity contribution in [1.82, 2.24) is 23.3 Å². The van der Waals surface area contributed by atoms with Gasteiger partial charge in [0.25, 0.3) is 15.6 Å². The number of pyridine rings is 2. The molecule has 250 valence electrons. The molecule has 6 aromatic rings. The Balaban J connectivity index is 1.12. The van der Waals surface area contributed by atoms with Crippen molar-refractivity contribution >= 4 is 37.7 Å². The number of hydrogen-bond acceptors (Lipinski definition) is 7. The first-order valence-electron chi connectivity index (χ1n) is 16.2. The van der Waals surface area contributed by atoms with Crippen LogP contribution in [0.3, 0.4) is 0 Å². The summed E-state index contributed by atoms with van der Waals surface area (Å²) in [4.78, 5) is 34.5. The molecule has 1 aliphatic rings. The Hall–Kier alpha value is -5.26. The molecule has 3 aromatic heterocycles. The van der Waals surface area contributed by atoms with Gasteiger partial charge in [-0.2, -0.15) is 0 Å². The molecular formula is C38H37N5O5S. The number of likely N-dealkylation sites (N-methyl/N-ethyl adjacent to an activating group) is 1. The molecule has 0 saturated carbocycles. The second-order valence-corrected chi connectivity index (χ2v) is 14.4. The summed E-state index contributed by atoms with van der Waals surface area (Å²) in [5.41, 5.74) is 4.72. The van der Waals surface area contributed by atoms with E-state index in [0.717, 1.165) is 50.4 Å². The number of carbonyl (C=O) groups is 1. The molecule has 49 heavy (non-hydrogen) atoms. The van der Waals surface area contributed by atoms with Gasteiger partial charge in [0.2, 0.25) is 5.91 Å². The molecule has 0 N–H and O–H groups in total. The third kappa shape index (κ3) is 6.00. The summed E-state index contributed by atoms with van der Waals surface area (Å²) in [5, 5.41) is 1.45. The number of carbonyl (C=O) groups excluding carboxylic acids is 1. The summed E-state index contributed by atoms with van der Waals surface area (Å²) in [6, 6.07) is 26.0. The van der Waals surface area contributed by atoms with Crippen LogP contribution < -0.4 is 10.3 Å². The zero-order valence-electron chi connectivity index (χ0n) is 27.8. The molecule has 11 heteroatoms. The number of aryl methyl sites for hydroxylation is 2. The minimum Gasteiger partial charge on any atom is -0.492 e. The van der Waals surface area contributed by atoms with E-state index >= 15 is 0 Å². The molecule has 4 heterocycles. The Morgan fingerprint density at radius 1 is 0.878 bits per heavy atom. The van der Waals surface area contributed by atoms with Gasteiger partial charge < -0.3 is 14.2 Å². The van der Waals surface area contributed by atoms with E-state index in [1.165, 1.54) is 10.8 Å². The van der Waals surface area contributed by atoms with Crippen LogP contribution in [-0.2, 0) is 21.9 Å². The lowest BCUT2D eigenvalue weighted by Gasteiger charge is -2.37. The molecule has 1 atom stereocenters. The highest BCUT2D eigenvalue weighted by Gasteiger charge is 2.29. The quantitative estimate of drug-likeness (QED) is 0.215. The van der Waals surface area contributed by atoms with Crippen molar-refractivity contribution in [2.24, 2.45) is 7.05 Å². The molecule has 1 fully saturated rings. The van der Waals surface area contributed by atoms with Crippen LogP contribution in [0.25, 0.3) is 44.2 Å². The van der Waals surface area contributed by atoms with Gasteiger partial charge in [-0.05, 0) is 73.5 Å². The maximum atomic E-state index is 13.6. The summed E-state index contributed by atoms with van der Waals surface area (Å²) >= 11 is 0. The fourth-order valence-electron chi connectivity index (χ4n) is 6.40. The van der Waals surface area contributed by atoms with E-state index in [0.29, 0.717) is 29.8 Å². The minimum atomic E-state index is -4.00. The van der Waals surface area contributed by atoms with Gasteiger partial charge in [0, 0.05) is 62.5 Å². The summed E-state index contributed by atoms with van der Waals surface area (Å²) in [6.07, 6.45) is 3.13. The van der Waals surface area contributed by atoms with Gasteiger partial charge in [0.1, 0.15) is 17.9 Å². The Morgan fingerprint density at radius 2 is 1.61 bits per heavy atom. The maximum absolute atomic E-state index is 13.6. The van der Waals surface area contributed by atoms with Crippen LogP contribution in [0.4, 0.5) is 0 Å². The minimum absolute atomic E-state index is 0.0780. The number of ether oxygens (including phenoxy) is 1. The number of rotatable bonds is 8. The van der Waals surface area contributed by atoms with Crippen molar-refractivity contribution < 1.29 is 17.9 Å². The Bertz CT molecular complexity index is 2380. The average Bonchev–Trinajstić information content (AvgIpc) is 3.57. The summed E-state index contributed by atoms with van der Waals surface area (Å²) < 4.78 is 35.6. The summed E-state index contributed by atoms with van der Waals surface area (Å²) in [6.45, 7) is 6.58. The molecule has 0 unspecified atom stereocenters. The maximum Gasteiger partial charge on any atom is 0.275 e. The molecular weight excluding hydrogens is 639 g/mol. The van der Waals surface area contributed by atoms with Crippen molar-refractivity contribution in [3.63, 3.8) is 0 Å². The van der Waals surface area contributed by atoms with Gasteiger partial charge in [-0.25, -0.2) is 17.4 Å². The number of aromatic nitrogens is 3. The highest BCUT2D eigenvalue weighted by atomic mass is 32.2. The second kappa shape index (κ2) is 12.6. The Morgan fingerprint density at radius 3 is 2.37 bits per heavy atom. The highest BCUT2D eigenvalue weighted by Crippen LogP contribution is 2.31. The van der Waals surface area contributed by atoms with E-state index in [1.807, 2.05) is 69.4 Å². The zero-order valence-corrected chi connectivity index (χ0v) is 28.6. The van der Waals surface area contributed by atoms with E-state index in [9.17, 15) is 18.0 Å². The molecule has 0 aliphatic carbocycles. The molecule has 7 rings (SSSR count). The van der Waals surface area contributed by atoms with Crippen LogP contribution in [0.1, 0.15) is 12.5 Å². The van der Waals surface area contributed by atoms with Gasteiger partial charge in [-0.15, -0.1) is 0 Å². The molecule has 10 nitrogen and oxygen atoms in total. The smallest absolute Gasteiger partial charge is 0.275 e. The standard InChI is InChI=1S/C38H37N5O5S/c1-25-5-13-31(14-6-25)49(46,47)43-18-17-32-33(24-41(4)38(45)36(32)43)35-16-10-29-23-28(9-15-34(29)39-35)27-7-11-30(12-8-27)48-22-21-42-20-19-40(3)37(44)26(42)2/h5-18,23-24,26H,19-22H2,1-4H3/t26-/m1/s1. The molecule has 0 radical (unpaired) electrons. The van der Waals surface area contributed by atoms with Gasteiger partial charge >= 0.3 is 0 Å². The van der Waals surface area contributed by atoms with E-state index in [-0.39, 0.29) is 22.4 Å². The Labute approximate surface area is 284 Å². The fraction of sp³-hybridized carbons (Fsp3) is 0.237. The highest BCUT2D eigenvalue weighted by molar-refractivity contribution is 7.90. The largest absolute Gasteiger partial charge is 0.492 e. The van der Waals surface area contributed by atoms with Crippen LogP contribution in [0.5, 0.6) is 5.75 Å². The number of nitrogens with zero attached hydrogens (tertiary/aromatic N) is 5. The number of benzene rings is 3. The van der Waals surface area contributed by atoms with Gasteiger partial charge in [-0.3, -0.25) is 14.5 Å². The molecule has 1 aliphatic heterocycles. The lowest BCUT2D eigenvalue weighted by Crippen LogP contribution is -2.55. The first kappa shape index (κ1) is 32.3. The predicted molar refractivity (Wildman–Crippen MR) is 191 cm³/mol. The lowest BCUT2D eigenvalue weighted by atomic mass is 10.0. The molecule has 1 amide bonds. The molecule has 0 spiro atoms. The van der Waals surface area contributed by atoms with Crippen molar-refractivity contribution in [1.29, 1.82) is 0 Å². The van der Waals surface area contributed by atoms with E-state index in [2.05, 4.69) is 11.0 Å². The fourth-order valence-corrected chi connectivity index (χ4v) is 7.75. The van der Waals surface area contributed by atoms with Crippen LogP contribution in [-0.4, -0.2) is 77.0 Å². The van der Waals surface area contributed by atoms with Gasteiger partial charge in [0.15, 0.2) is 0 Å². The average molecular weight is 676 g/mol. The van der Waals surface area contributed by atoms with Crippen molar-refractivity contribution in [2.75, 3.05) is 33.3 Å². The third-order valence-electron chi connectivity index (χ3n) is 9.37. The number of piperazine rings is 1. The predicted octanol–water partition coefficient (Wildman–Crippen LogP) is 5.31. The third-order valence-corrected chi connectivity index (χ3v) is 11.1. The van der Waals surface area contributed by atoms with Gasteiger partial charge in [-0.1, -0.05) is 42.0 Å². The van der Waals surface area contributed by atoms with Crippen molar-refractivity contribution in [3.8, 4) is 28.1 Å². The lowest BCUT2D eigenvalue weighted by molar-refractivity contribution is -0.139. The van der Waals surface area contributed by atoms with Crippen molar-refractivity contribution in [3.05, 3.63) is 113 Å². The Kier molecular flexibility index (Phi) is 8.33. The molecule has 0 bridgehead atoms. The van der Waals surface area contributed by atoms with E-state index in [1.54, 1.807) is 48.5 Å². The van der Waals surface area contributed by atoms with Gasteiger partial charge in [0.05, 0.1) is 22.1 Å². The van der Waals surface area contributed by atoms with E-state index < -0.39 is 15.6 Å². The topological polar surface area (TPSA) is 107 Å². The monoisotopic (exact) mass is 675 g/mol. The summed E-state index contributed by atoms with van der Waals surface area (Å²) in [7, 11) is -0.546.